The molecule has 0 spiro atoms. The molecule has 0 aliphatic rings. The van der Waals surface area contributed by atoms with Crippen molar-refractivity contribution in [1.82, 2.24) is 0 Å². The van der Waals surface area contributed by atoms with Gasteiger partial charge < -0.3 is 10.1 Å². The van der Waals surface area contributed by atoms with Crippen LogP contribution in [0.25, 0.3) is 5.70 Å². The molecule has 0 aromatic heterocycles. The highest BCUT2D eigenvalue weighted by Gasteiger charge is 2.14. The average molecular weight is 350 g/mol. The molecule has 0 fully saturated rings. The van der Waals surface area contributed by atoms with Crippen LogP contribution < -0.4 is 5.32 Å². The second-order valence-electron chi connectivity index (χ2n) is 6.20. The van der Waals surface area contributed by atoms with Gasteiger partial charge in [0.25, 0.3) is 0 Å². The molecule has 0 radical (unpaired) electrons. The van der Waals surface area contributed by atoms with Crippen LogP contribution in [0.2, 0.25) is 0 Å². The molecule has 0 atom stereocenters. The molecule has 1 N–H and O–H groups in total. The number of aliphatic imine (C=N–C) groups is 1. The molecule has 2 aromatic rings. The second kappa shape index (κ2) is 8.99. The van der Waals surface area contributed by atoms with E-state index in [0.717, 1.165) is 16.8 Å². The molecule has 26 heavy (non-hydrogen) atoms. The third-order valence-electron chi connectivity index (χ3n) is 3.96. The normalized spacial score (nSPS) is 12.4. The van der Waals surface area contributed by atoms with E-state index in [1.54, 1.807) is 13.8 Å². The number of hydrogen-bond donors (Lipinski definition) is 1. The maximum Gasteiger partial charge on any atom is 0.335 e. The van der Waals surface area contributed by atoms with Crippen LogP contribution in [0.5, 0.6) is 0 Å². The van der Waals surface area contributed by atoms with E-state index in [1.807, 2.05) is 43.3 Å². The number of anilines is 1. The summed E-state index contributed by atoms with van der Waals surface area (Å²) in [5, 5.41) is 3.33. The molecule has 0 aliphatic heterocycles. The van der Waals surface area contributed by atoms with E-state index in [-0.39, 0.29) is 5.97 Å². The summed E-state index contributed by atoms with van der Waals surface area (Å²) < 4.78 is 5.15. The Hall–Kier alpha value is -2.88. The minimum atomic E-state index is -0.352. The van der Waals surface area contributed by atoms with Crippen LogP contribution in [0.1, 0.15) is 37.5 Å². The highest BCUT2D eigenvalue weighted by Crippen LogP contribution is 2.22. The van der Waals surface area contributed by atoms with Gasteiger partial charge in [-0.05, 0) is 46.2 Å². The maximum atomic E-state index is 12.2. The number of carbonyl (C=O) groups is 1. The summed E-state index contributed by atoms with van der Waals surface area (Å²) in [7, 11) is 0. The van der Waals surface area contributed by atoms with Gasteiger partial charge in [-0.3, -0.25) is 0 Å². The van der Waals surface area contributed by atoms with Crippen LogP contribution in [0, 0.1) is 13.8 Å². The molecule has 0 aliphatic carbocycles. The molecule has 4 nitrogen and oxygen atoms in total. The second-order valence-corrected chi connectivity index (χ2v) is 6.20. The van der Waals surface area contributed by atoms with E-state index >= 15 is 0 Å². The summed E-state index contributed by atoms with van der Waals surface area (Å²) in [6.45, 7) is 9.89. The topological polar surface area (TPSA) is 50.7 Å². The fourth-order valence-electron chi connectivity index (χ4n) is 2.64. The summed E-state index contributed by atoms with van der Waals surface area (Å²) in [6.07, 6.45) is 0. The van der Waals surface area contributed by atoms with E-state index < -0.39 is 0 Å². The first-order valence-corrected chi connectivity index (χ1v) is 8.75. The summed E-state index contributed by atoms with van der Waals surface area (Å²) in [4.78, 5) is 16.9. The van der Waals surface area contributed by atoms with Gasteiger partial charge in [-0.2, -0.15) is 0 Å². The lowest BCUT2D eigenvalue weighted by Gasteiger charge is -2.13. The molecule has 2 rings (SSSR count). The molecule has 2 aromatic carbocycles. The van der Waals surface area contributed by atoms with Crippen LogP contribution in [0.15, 0.2) is 59.1 Å². The van der Waals surface area contributed by atoms with Gasteiger partial charge in [-0.15, -0.1) is 0 Å². The van der Waals surface area contributed by atoms with E-state index in [9.17, 15) is 4.79 Å². The predicted octanol–water partition coefficient (Wildman–Crippen LogP) is 5.13. The van der Waals surface area contributed by atoms with Gasteiger partial charge in [-0.25, -0.2) is 9.79 Å². The van der Waals surface area contributed by atoms with Gasteiger partial charge in [0.1, 0.15) is 5.84 Å². The van der Waals surface area contributed by atoms with Gasteiger partial charge in [0, 0.05) is 11.3 Å². The Morgan fingerprint density at radius 2 is 1.77 bits per heavy atom. The van der Waals surface area contributed by atoms with Crippen LogP contribution in [0.3, 0.4) is 0 Å². The fourth-order valence-corrected chi connectivity index (χ4v) is 2.64. The summed E-state index contributed by atoms with van der Waals surface area (Å²) >= 11 is 0. The molecule has 0 saturated heterocycles. The first-order chi connectivity index (χ1) is 12.4. The molecule has 0 bridgehead atoms. The summed E-state index contributed by atoms with van der Waals surface area (Å²) in [6, 6.07) is 15.9. The van der Waals surface area contributed by atoms with Crippen LogP contribution >= 0.6 is 0 Å². The Kier molecular flexibility index (Phi) is 6.73. The van der Waals surface area contributed by atoms with Crippen molar-refractivity contribution in [2.75, 3.05) is 11.9 Å². The zero-order valence-corrected chi connectivity index (χ0v) is 16.1. The Morgan fingerprint density at radius 1 is 1.08 bits per heavy atom. The van der Waals surface area contributed by atoms with Crippen molar-refractivity contribution in [3.05, 3.63) is 70.8 Å². The number of rotatable bonds is 5. The number of amidine groups is 1. The number of nitrogens with zero attached hydrogens (tertiary/aromatic N) is 1. The zero-order chi connectivity index (χ0) is 19.1. The minimum absolute atomic E-state index is 0.335. The monoisotopic (exact) mass is 350 g/mol. The lowest BCUT2D eigenvalue weighted by molar-refractivity contribution is -0.138. The maximum absolute atomic E-state index is 12.2. The van der Waals surface area contributed by atoms with Crippen molar-refractivity contribution in [3.63, 3.8) is 0 Å². The van der Waals surface area contributed by atoms with Crippen LogP contribution in [-0.2, 0) is 9.53 Å². The predicted molar refractivity (Wildman–Crippen MR) is 108 cm³/mol. The van der Waals surface area contributed by atoms with Crippen molar-refractivity contribution >= 4 is 23.2 Å². The molecule has 0 saturated carbocycles. The molecular weight excluding hydrogens is 324 g/mol. The van der Waals surface area contributed by atoms with Crippen molar-refractivity contribution in [2.24, 2.45) is 4.99 Å². The van der Waals surface area contributed by atoms with E-state index in [2.05, 4.69) is 31.3 Å². The van der Waals surface area contributed by atoms with Gasteiger partial charge in [-0.1, -0.05) is 48.0 Å². The Labute approximate surface area is 155 Å². The summed E-state index contributed by atoms with van der Waals surface area (Å²) in [5.74, 6) is 0.355. The number of nitrogens with one attached hydrogen (secondary N) is 1. The van der Waals surface area contributed by atoms with Gasteiger partial charge in [0.2, 0.25) is 0 Å². The number of aryl methyl sites for hydroxylation is 2. The van der Waals surface area contributed by atoms with Gasteiger partial charge >= 0.3 is 5.97 Å². The van der Waals surface area contributed by atoms with Crippen molar-refractivity contribution in [1.29, 1.82) is 0 Å². The van der Waals surface area contributed by atoms with Crippen LogP contribution in [0.4, 0.5) is 5.69 Å². The SMILES string of the molecule is CCOC(=O)/C(C)=C(/N=C(C)Nc1ccc(C)cc1C)c1ccccc1. The summed E-state index contributed by atoms with van der Waals surface area (Å²) in [5.41, 5.74) is 5.33. The highest BCUT2D eigenvalue weighted by molar-refractivity contribution is 6.02. The molecule has 0 amide bonds. The number of benzene rings is 2. The average Bonchev–Trinajstić information content (AvgIpc) is 2.62. The zero-order valence-electron chi connectivity index (χ0n) is 16.1. The fraction of sp³-hybridized carbons (Fsp3) is 0.273. The molecule has 136 valence electrons. The molecular formula is C22H26N2O2. The lowest BCUT2D eigenvalue weighted by Crippen LogP contribution is -2.11. The standard InChI is InChI=1S/C22H26N2O2/c1-6-26-22(25)17(4)21(19-10-8-7-9-11-19)24-18(5)23-20-13-12-15(2)14-16(20)3/h7-14H,6H2,1-5H3,(H,23,24)/b21-17+. The van der Waals surface area contributed by atoms with Crippen LogP contribution in [-0.4, -0.2) is 18.4 Å². The molecule has 0 heterocycles. The van der Waals surface area contributed by atoms with Crippen molar-refractivity contribution in [3.8, 4) is 0 Å². The van der Waals surface area contributed by atoms with Crippen molar-refractivity contribution < 1.29 is 9.53 Å². The van der Waals surface area contributed by atoms with E-state index in [0.29, 0.717) is 23.7 Å². The number of ether oxygens (including phenoxy) is 1. The Bertz CT molecular complexity index is 836. The minimum Gasteiger partial charge on any atom is -0.463 e. The third-order valence-corrected chi connectivity index (χ3v) is 3.96. The molecule has 0 unspecified atom stereocenters. The number of hydrogen-bond acceptors (Lipinski definition) is 3. The first kappa shape index (κ1) is 19.4. The van der Waals surface area contributed by atoms with E-state index in [4.69, 9.17) is 9.73 Å². The van der Waals surface area contributed by atoms with Gasteiger partial charge in [0.15, 0.2) is 0 Å². The van der Waals surface area contributed by atoms with Gasteiger partial charge in [0.05, 0.1) is 17.9 Å². The number of carbonyl (C=O) groups excluding carboxylic acids is 1. The highest BCUT2D eigenvalue weighted by atomic mass is 16.5. The van der Waals surface area contributed by atoms with E-state index in [1.165, 1.54) is 5.56 Å². The smallest absolute Gasteiger partial charge is 0.335 e. The van der Waals surface area contributed by atoms with Crippen molar-refractivity contribution in [2.45, 2.75) is 34.6 Å². The quantitative estimate of drug-likeness (QED) is 0.352. The largest absolute Gasteiger partial charge is 0.463 e. The Morgan fingerprint density at radius 3 is 2.38 bits per heavy atom. The lowest BCUT2D eigenvalue weighted by atomic mass is 10.1. The Balaban J connectivity index is 2.40. The molecule has 4 heteroatoms. The third kappa shape index (κ3) is 5.06. The number of esters is 1. The first-order valence-electron chi connectivity index (χ1n) is 8.75.